The van der Waals surface area contributed by atoms with Crippen molar-refractivity contribution >= 4 is 39.3 Å². The number of fused-ring (bicyclic) bond motifs is 2. The van der Waals surface area contributed by atoms with E-state index in [1.54, 1.807) is 31.3 Å². The van der Waals surface area contributed by atoms with Gasteiger partial charge in [-0.15, -0.1) is 11.3 Å². The number of benzene rings is 2. The van der Waals surface area contributed by atoms with Crippen molar-refractivity contribution in [2.75, 3.05) is 6.61 Å². The Morgan fingerprint density at radius 1 is 1.12 bits per heavy atom. The van der Waals surface area contributed by atoms with Gasteiger partial charge < -0.3 is 15.2 Å². The largest absolute Gasteiger partial charge is 0.494 e. The van der Waals surface area contributed by atoms with Gasteiger partial charge in [-0.3, -0.25) is 4.79 Å². The summed E-state index contributed by atoms with van der Waals surface area (Å²) in [7, 11) is 0. The van der Waals surface area contributed by atoms with E-state index < -0.39 is 5.97 Å². The fourth-order valence-corrected chi connectivity index (χ4v) is 6.95. The minimum absolute atomic E-state index is 0.210. The number of carbonyl (C=O) groups is 1. The highest BCUT2D eigenvalue weighted by Gasteiger charge is 2.42. The molecule has 2 aromatic carbocycles. The summed E-state index contributed by atoms with van der Waals surface area (Å²) in [4.78, 5) is 32.6. The third kappa shape index (κ3) is 4.75. The zero-order chi connectivity index (χ0) is 29.0. The predicted octanol–water partition coefficient (Wildman–Crippen LogP) is 6.46. The molecule has 1 aliphatic rings. The first-order valence-electron chi connectivity index (χ1n) is 13.5. The van der Waals surface area contributed by atoms with E-state index >= 15 is 0 Å². The Bertz CT molecular complexity index is 1740. The van der Waals surface area contributed by atoms with Gasteiger partial charge in [-0.05, 0) is 89.8 Å². The fourth-order valence-electron chi connectivity index (χ4n) is 5.74. The van der Waals surface area contributed by atoms with Crippen molar-refractivity contribution in [3.05, 3.63) is 85.5 Å². The van der Waals surface area contributed by atoms with Crippen LogP contribution < -0.4 is 10.9 Å². The van der Waals surface area contributed by atoms with Gasteiger partial charge in [0.25, 0.3) is 5.56 Å². The lowest BCUT2D eigenvalue weighted by Crippen LogP contribution is -2.55. The molecule has 1 aliphatic heterocycles. The number of aryl methyl sites for hydroxylation is 2. The van der Waals surface area contributed by atoms with Crippen LogP contribution in [0.2, 0.25) is 0 Å². The van der Waals surface area contributed by atoms with Crippen molar-refractivity contribution < 1.29 is 14.6 Å². The number of thiophene rings is 1. The maximum atomic E-state index is 13.5. The van der Waals surface area contributed by atoms with Gasteiger partial charge in [0.15, 0.2) is 0 Å². The number of carbonyl (C=O) groups excluding carboxylic acids is 1. The van der Waals surface area contributed by atoms with Crippen molar-refractivity contribution in [1.29, 1.82) is 0 Å². The Kier molecular flexibility index (Phi) is 6.96. The lowest BCUT2D eigenvalue weighted by molar-refractivity contribution is 0.0525. The van der Waals surface area contributed by atoms with Gasteiger partial charge in [0.05, 0.1) is 23.4 Å². The summed E-state index contributed by atoms with van der Waals surface area (Å²) in [6, 6.07) is 12.8. The summed E-state index contributed by atoms with van der Waals surface area (Å²) in [5.74, 6) is -0.618. The maximum Gasteiger partial charge on any atom is 0.341 e. The lowest BCUT2D eigenvalue weighted by Gasteiger charge is -2.42. The van der Waals surface area contributed by atoms with Crippen LogP contribution in [0.15, 0.2) is 52.3 Å². The highest BCUT2D eigenvalue weighted by Crippen LogP contribution is 2.46. The average molecular weight is 558 g/mol. The highest BCUT2D eigenvalue weighted by molar-refractivity contribution is 7.16. The molecule has 0 saturated carbocycles. The Labute approximate surface area is 238 Å². The Balaban J connectivity index is 1.74. The van der Waals surface area contributed by atoms with Crippen molar-refractivity contribution in [1.82, 2.24) is 9.88 Å². The molecule has 8 heteroatoms. The molecule has 0 amide bonds. The molecule has 0 saturated heterocycles. The number of aromatic hydroxyl groups is 1. The molecule has 0 bridgehead atoms. The number of pyridine rings is 1. The van der Waals surface area contributed by atoms with E-state index in [0.717, 1.165) is 21.6 Å². The second-order valence-electron chi connectivity index (χ2n) is 11.6. The SMILES string of the molecule is CCOC(=O)c1c(/N=C/c2c(O)n(-c3ccc(C)c(C)c3)c(=O)c3ccccc23)sc2c1CC(C)(C)NC2(C)C. The van der Waals surface area contributed by atoms with E-state index in [-0.39, 0.29) is 29.1 Å². The van der Waals surface area contributed by atoms with Crippen molar-refractivity contribution in [2.45, 2.75) is 66.0 Å². The van der Waals surface area contributed by atoms with Crippen molar-refractivity contribution in [3.63, 3.8) is 0 Å². The zero-order valence-electron chi connectivity index (χ0n) is 24.0. The number of hydrogen-bond donors (Lipinski definition) is 2. The Morgan fingerprint density at radius 3 is 2.50 bits per heavy atom. The molecule has 3 heterocycles. The van der Waals surface area contributed by atoms with Crippen LogP contribution >= 0.6 is 11.3 Å². The minimum atomic E-state index is -0.408. The van der Waals surface area contributed by atoms with Crippen molar-refractivity contribution in [3.8, 4) is 11.6 Å². The van der Waals surface area contributed by atoms with E-state index in [2.05, 4.69) is 33.0 Å². The van der Waals surface area contributed by atoms with Crippen molar-refractivity contribution in [2.24, 2.45) is 4.99 Å². The molecule has 2 N–H and O–H groups in total. The summed E-state index contributed by atoms with van der Waals surface area (Å²) in [6.07, 6.45) is 2.21. The molecule has 0 atom stereocenters. The van der Waals surface area contributed by atoms with Gasteiger partial charge in [0, 0.05) is 32.9 Å². The number of aromatic nitrogens is 1. The quantitative estimate of drug-likeness (QED) is 0.217. The summed E-state index contributed by atoms with van der Waals surface area (Å²) in [5, 5.41) is 16.7. The third-order valence-corrected chi connectivity index (χ3v) is 8.93. The monoisotopic (exact) mass is 557 g/mol. The minimum Gasteiger partial charge on any atom is -0.494 e. The van der Waals surface area contributed by atoms with E-state index in [0.29, 0.717) is 39.0 Å². The fraction of sp³-hybridized carbons (Fsp3) is 0.344. The zero-order valence-corrected chi connectivity index (χ0v) is 24.8. The first kappa shape index (κ1) is 27.8. The topological polar surface area (TPSA) is 92.9 Å². The number of esters is 1. The number of hydrogen-bond acceptors (Lipinski definition) is 7. The third-order valence-electron chi connectivity index (χ3n) is 7.47. The summed E-state index contributed by atoms with van der Waals surface area (Å²) in [6.45, 7) is 14.5. The lowest BCUT2D eigenvalue weighted by atomic mass is 9.81. The maximum absolute atomic E-state index is 13.5. The van der Waals surface area contributed by atoms with E-state index in [1.165, 1.54) is 15.9 Å². The normalized spacial score (nSPS) is 15.9. The van der Waals surface area contributed by atoms with E-state index in [1.807, 2.05) is 38.1 Å². The summed E-state index contributed by atoms with van der Waals surface area (Å²) < 4.78 is 6.78. The Morgan fingerprint density at radius 2 is 1.82 bits per heavy atom. The van der Waals surface area contributed by atoms with Gasteiger partial charge in [0.1, 0.15) is 5.00 Å². The van der Waals surface area contributed by atoms with Crippen LogP contribution in [0.3, 0.4) is 0 Å². The number of nitrogens with zero attached hydrogens (tertiary/aromatic N) is 2. The van der Waals surface area contributed by atoms with Crippen LogP contribution in [0, 0.1) is 13.8 Å². The van der Waals surface area contributed by atoms with Gasteiger partial charge in [0.2, 0.25) is 5.88 Å². The molecule has 4 aromatic rings. The van der Waals surface area contributed by atoms with E-state index in [4.69, 9.17) is 9.73 Å². The second-order valence-corrected chi connectivity index (χ2v) is 12.6. The average Bonchev–Trinajstić information content (AvgIpc) is 3.24. The molecular weight excluding hydrogens is 522 g/mol. The second kappa shape index (κ2) is 10.0. The number of aliphatic imine (C=N–C) groups is 1. The molecule has 0 aliphatic carbocycles. The highest BCUT2D eigenvalue weighted by atomic mass is 32.1. The van der Waals surface area contributed by atoms with Gasteiger partial charge >= 0.3 is 5.97 Å². The van der Waals surface area contributed by atoms with Crippen LogP contribution in [0.4, 0.5) is 5.00 Å². The van der Waals surface area contributed by atoms with Gasteiger partial charge in [-0.25, -0.2) is 14.4 Å². The van der Waals surface area contributed by atoms with Crippen LogP contribution in [0.5, 0.6) is 5.88 Å². The molecule has 208 valence electrons. The number of ether oxygens (including phenoxy) is 1. The molecule has 0 radical (unpaired) electrons. The van der Waals surface area contributed by atoms with Gasteiger partial charge in [-0.2, -0.15) is 0 Å². The summed E-state index contributed by atoms with van der Waals surface area (Å²) in [5.41, 5.74) is 3.56. The van der Waals surface area contributed by atoms with Crippen LogP contribution in [-0.2, 0) is 16.7 Å². The first-order chi connectivity index (χ1) is 18.8. The van der Waals surface area contributed by atoms with Crippen LogP contribution in [0.1, 0.15) is 72.1 Å². The van der Waals surface area contributed by atoms with Crippen LogP contribution in [0.25, 0.3) is 16.5 Å². The first-order valence-corrected chi connectivity index (χ1v) is 14.3. The molecule has 2 aromatic heterocycles. The predicted molar refractivity (Wildman–Crippen MR) is 162 cm³/mol. The van der Waals surface area contributed by atoms with Gasteiger partial charge in [-0.1, -0.05) is 24.3 Å². The van der Waals surface area contributed by atoms with Crippen LogP contribution in [-0.4, -0.2) is 34.0 Å². The standard InChI is InChI=1S/C32H35N3O4S/c1-8-39-30(38)25-23-16-31(4,5)34-32(6,7)26(23)40-27(25)33-17-24-21-11-9-10-12-22(21)28(36)35(29(24)37)20-14-13-18(2)19(3)15-20/h9-15,17,34,37H,8,16H2,1-7H3/b33-17+. The molecule has 0 fully saturated rings. The molecule has 0 unspecified atom stereocenters. The molecule has 5 rings (SSSR count). The molecule has 0 spiro atoms. The molecule has 7 nitrogen and oxygen atoms in total. The number of nitrogens with one attached hydrogen (secondary N) is 1. The summed E-state index contributed by atoms with van der Waals surface area (Å²) >= 11 is 1.45. The smallest absolute Gasteiger partial charge is 0.341 e. The molecule has 40 heavy (non-hydrogen) atoms. The number of rotatable bonds is 5. The van der Waals surface area contributed by atoms with E-state index in [9.17, 15) is 14.7 Å². The Hall–Kier alpha value is -3.75. The molecular formula is C32H35N3O4S.